The second-order valence-electron chi connectivity index (χ2n) is 6.89. The van der Waals surface area contributed by atoms with Gasteiger partial charge in [0.15, 0.2) is 0 Å². The first-order valence-electron chi connectivity index (χ1n) is 9.09. The highest BCUT2D eigenvalue weighted by Gasteiger charge is 2.41. The lowest BCUT2D eigenvalue weighted by molar-refractivity contribution is -0.168. The number of aromatic nitrogens is 1. The van der Waals surface area contributed by atoms with Gasteiger partial charge in [-0.1, -0.05) is 49.4 Å². The number of nitrogens with zero attached hydrogens (tertiary/aromatic N) is 1. The minimum Gasteiger partial charge on any atom is -0.312 e. The molecule has 0 fully saturated rings. The standard InChI is InChI=1S/C22H23F3N2/c1-16-14-20(6-7-21(16)22(23,24)25)19-4-2-18(3-5-19)15-27-13-10-17-8-11-26-12-9-17/h2-9,11-12,14,16,21,27H,10,13,15H2,1H3. The van der Waals surface area contributed by atoms with E-state index in [0.717, 1.165) is 36.2 Å². The fourth-order valence-electron chi connectivity index (χ4n) is 3.25. The summed E-state index contributed by atoms with van der Waals surface area (Å²) in [6, 6.07) is 12.0. The lowest BCUT2D eigenvalue weighted by atomic mass is 9.84. The van der Waals surface area contributed by atoms with E-state index in [9.17, 15) is 13.2 Å². The third kappa shape index (κ3) is 5.30. The van der Waals surface area contributed by atoms with Crippen LogP contribution in [-0.4, -0.2) is 17.7 Å². The van der Waals surface area contributed by atoms with E-state index in [0.29, 0.717) is 0 Å². The topological polar surface area (TPSA) is 24.9 Å². The maximum Gasteiger partial charge on any atom is 0.395 e. The van der Waals surface area contributed by atoms with Crippen molar-refractivity contribution in [3.8, 4) is 0 Å². The van der Waals surface area contributed by atoms with Crippen LogP contribution in [0.3, 0.4) is 0 Å². The third-order valence-corrected chi connectivity index (χ3v) is 4.83. The lowest BCUT2D eigenvalue weighted by Crippen LogP contribution is -2.27. The van der Waals surface area contributed by atoms with Crippen LogP contribution in [0.25, 0.3) is 5.57 Å². The molecule has 2 atom stereocenters. The minimum absolute atomic E-state index is 0.556. The molecule has 0 spiro atoms. The molecule has 2 aromatic rings. The summed E-state index contributed by atoms with van der Waals surface area (Å²) in [5.41, 5.74) is 4.18. The van der Waals surface area contributed by atoms with Crippen LogP contribution < -0.4 is 5.32 Å². The van der Waals surface area contributed by atoms with E-state index in [2.05, 4.69) is 10.3 Å². The largest absolute Gasteiger partial charge is 0.395 e. The first-order chi connectivity index (χ1) is 12.9. The van der Waals surface area contributed by atoms with E-state index in [-0.39, 0.29) is 0 Å². The summed E-state index contributed by atoms with van der Waals surface area (Å²) in [6.45, 7) is 3.24. The maximum atomic E-state index is 12.9. The number of alkyl halides is 3. The van der Waals surface area contributed by atoms with Gasteiger partial charge in [0.25, 0.3) is 0 Å². The second kappa shape index (κ2) is 8.53. The smallest absolute Gasteiger partial charge is 0.312 e. The van der Waals surface area contributed by atoms with Crippen molar-refractivity contribution in [2.75, 3.05) is 6.54 Å². The van der Waals surface area contributed by atoms with Crippen molar-refractivity contribution in [2.45, 2.75) is 26.1 Å². The van der Waals surface area contributed by atoms with Crippen LogP contribution in [0.15, 0.2) is 67.0 Å². The van der Waals surface area contributed by atoms with Crippen LogP contribution >= 0.6 is 0 Å². The number of nitrogens with one attached hydrogen (secondary N) is 1. The van der Waals surface area contributed by atoms with Gasteiger partial charge in [-0.2, -0.15) is 13.2 Å². The quantitative estimate of drug-likeness (QED) is 0.707. The number of hydrogen-bond acceptors (Lipinski definition) is 2. The van der Waals surface area contributed by atoms with E-state index in [1.165, 1.54) is 11.6 Å². The van der Waals surface area contributed by atoms with E-state index >= 15 is 0 Å². The lowest BCUT2D eigenvalue weighted by Gasteiger charge is -2.25. The Morgan fingerprint density at radius 3 is 2.33 bits per heavy atom. The molecule has 0 saturated heterocycles. The summed E-state index contributed by atoms with van der Waals surface area (Å²) in [6.07, 6.45) is 4.90. The van der Waals surface area contributed by atoms with Gasteiger partial charge in [0.05, 0.1) is 5.92 Å². The van der Waals surface area contributed by atoms with E-state index in [1.807, 2.05) is 36.4 Å². The molecular formula is C22H23F3N2. The molecule has 0 amide bonds. The van der Waals surface area contributed by atoms with Crippen molar-refractivity contribution in [1.29, 1.82) is 0 Å². The SMILES string of the molecule is CC1C=C(c2ccc(CNCCc3ccncc3)cc2)C=CC1C(F)(F)F. The number of halogens is 3. The molecule has 27 heavy (non-hydrogen) atoms. The molecule has 1 aromatic heterocycles. The summed E-state index contributed by atoms with van der Waals surface area (Å²) < 4.78 is 38.8. The summed E-state index contributed by atoms with van der Waals surface area (Å²) >= 11 is 0. The normalized spacial score (nSPS) is 19.8. The van der Waals surface area contributed by atoms with Gasteiger partial charge < -0.3 is 5.32 Å². The first-order valence-corrected chi connectivity index (χ1v) is 9.09. The van der Waals surface area contributed by atoms with Gasteiger partial charge in [-0.15, -0.1) is 0 Å². The molecule has 1 heterocycles. The Morgan fingerprint density at radius 1 is 1.00 bits per heavy atom. The summed E-state index contributed by atoms with van der Waals surface area (Å²) in [5.74, 6) is -1.95. The average molecular weight is 372 g/mol. The fraction of sp³-hybridized carbons (Fsp3) is 0.318. The predicted octanol–water partition coefficient (Wildman–Crippen LogP) is 5.18. The Balaban J connectivity index is 1.52. The molecular weight excluding hydrogens is 349 g/mol. The summed E-state index contributed by atoms with van der Waals surface area (Å²) in [7, 11) is 0. The Hall–Kier alpha value is -2.40. The molecule has 5 heteroatoms. The zero-order valence-electron chi connectivity index (χ0n) is 15.2. The number of pyridine rings is 1. The first kappa shape index (κ1) is 19.4. The van der Waals surface area contributed by atoms with Crippen LogP contribution in [0.2, 0.25) is 0 Å². The van der Waals surface area contributed by atoms with E-state index < -0.39 is 18.0 Å². The summed E-state index contributed by atoms with van der Waals surface area (Å²) in [5, 5.41) is 3.40. The maximum absolute atomic E-state index is 12.9. The minimum atomic E-state index is -4.19. The van der Waals surface area contributed by atoms with Crippen LogP contribution in [0.5, 0.6) is 0 Å². The predicted molar refractivity (Wildman–Crippen MR) is 102 cm³/mol. The van der Waals surface area contributed by atoms with Gasteiger partial charge in [-0.05, 0) is 53.3 Å². The molecule has 1 aliphatic rings. The zero-order valence-corrected chi connectivity index (χ0v) is 15.2. The average Bonchev–Trinajstić information content (AvgIpc) is 2.65. The van der Waals surface area contributed by atoms with Gasteiger partial charge in [0, 0.05) is 18.9 Å². The van der Waals surface area contributed by atoms with Crippen molar-refractivity contribution < 1.29 is 13.2 Å². The molecule has 1 N–H and O–H groups in total. The number of allylic oxidation sites excluding steroid dienone is 4. The molecule has 0 radical (unpaired) electrons. The molecule has 2 unspecified atom stereocenters. The van der Waals surface area contributed by atoms with Gasteiger partial charge >= 0.3 is 6.18 Å². The highest BCUT2D eigenvalue weighted by Crippen LogP contribution is 2.38. The van der Waals surface area contributed by atoms with Gasteiger partial charge in [0.2, 0.25) is 0 Å². The fourth-order valence-corrected chi connectivity index (χ4v) is 3.25. The molecule has 1 aliphatic carbocycles. The molecule has 2 nitrogen and oxygen atoms in total. The summed E-state index contributed by atoms with van der Waals surface area (Å²) in [4.78, 5) is 4.00. The molecule has 1 aromatic carbocycles. The third-order valence-electron chi connectivity index (χ3n) is 4.83. The van der Waals surface area contributed by atoms with Crippen molar-refractivity contribution in [3.63, 3.8) is 0 Å². The monoisotopic (exact) mass is 372 g/mol. The van der Waals surface area contributed by atoms with Crippen LogP contribution in [0, 0.1) is 11.8 Å². The Bertz CT molecular complexity index is 793. The van der Waals surface area contributed by atoms with Crippen molar-refractivity contribution in [1.82, 2.24) is 10.3 Å². The Labute approximate surface area is 157 Å². The molecule has 0 aliphatic heterocycles. The Kier molecular flexibility index (Phi) is 6.11. The van der Waals surface area contributed by atoms with Gasteiger partial charge in [-0.3, -0.25) is 4.98 Å². The zero-order chi connectivity index (χ0) is 19.3. The van der Waals surface area contributed by atoms with Crippen LogP contribution in [-0.2, 0) is 13.0 Å². The van der Waals surface area contributed by atoms with Gasteiger partial charge in [-0.25, -0.2) is 0 Å². The van der Waals surface area contributed by atoms with Crippen molar-refractivity contribution in [3.05, 3.63) is 83.7 Å². The van der Waals surface area contributed by atoms with Gasteiger partial charge in [0.1, 0.15) is 0 Å². The van der Waals surface area contributed by atoms with Crippen LogP contribution in [0.1, 0.15) is 23.6 Å². The number of rotatable bonds is 6. The van der Waals surface area contributed by atoms with Crippen LogP contribution in [0.4, 0.5) is 13.2 Å². The molecule has 0 saturated carbocycles. The van der Waals surface area contributed by atoms with E-state index in [4.69, 9.17) is 0 Å². The number of hydrogen-bond donors (Lipinski definition) is 1. The van der Waals surface area contributed by atoms with Crippen molar-refractivity contribution >= 4 is 5.57 Å². The van der Waals surface area contributed by atoms with Crippen molar-refractivity contribution in [2.24, 2.45) is 11.8 Å². The Morgan fingerprint density at radius 2 is 1.70 bits per heavy atom. The van der Waals surface area contributed by atoms with E-state index in [1.54, 1.807) is 31.5 Å². The highest BCUT2D eigenvalue weighted by atomic mass is 19.4. The molecule has 142 valence electrons. The highest BCUT2D eigenvalue weighted by molar-refractivity contribution is 5.75. The molecule has 0 bridgehead atoms. The molecule has 3 rings (SSSR count). The second-order valence-corrected chi connectivity index (χ2v) is 6.89. The number of benzene rings is 1.